The Bertz CT molecular complexity index is 485. The summed E-state index contributed by atoms with van der Waals surface area (Å²) in [6, 6.07) is 10.2. The number of nitrogens with one attached hydrogen (secondary N) is 1. The molecule has 0 spiro atoms. The lowest BCUT2D eigenvalue weighted by atomic mass is 9.73. The van der Waals surface area contributed by atoms with Crippen molar-refractivity contribution in [3.05, 3.63) is 35.9 Å². The van der Waals surface area contributed by atoms with Crippen molar-refractivity contribution in [1.29, 1.82) is 0 Å². The molecular formula is C17H25ClN2O2. The average Bonchev–Trinajstić information content (AvgIpc) is 3.38. The zero-order valence-corrected chi connectivity index (χ0v) is 13.6. The van der Waals surface area contributed by atoms with E-state index in [4.69, 9.17) is 10.5 Å². The molecule has 3 rings (SSSR count). The standard InChI is InChI=1S/C17H24N2O2.ClH/c18-12-15(13-6-7-13)19-16(20)17(8-10-21-11-9-17)14-4-2-1-3-5-14;/h1-5,13,15H,6-12,18H2,(H,19,20);1H. The summed E-state index contributed by atoms with van der Waals surface area (Å²) in [6.07, 6.45) is 3.85. The number of halogens is 1. The summed E-state index contributed by atoms with van der Waals surface area (Å²) in [7, 11) is 0. The van der Waals surface area contributed by atoms with E-state index >= 15 is 0 Å². The third-order valence-electron chi connectivity index (χ3n) is 4.87. The minimum Gasteiger partial charge on any atom is -0.381 e. The van der Waals surface area contributed by atoms with Gasteiger partial charge in [0.2, 0.25) is 5.91 Å². The van der Waals surface area contributed by atoms with Gasteiger partial charge in [-0.15, -0.1) is 12.4 Å². The van der Waals surface area contributed by atoms with Crippen molar-refractivity contribution in [3.8, 4) is 0 Å². The molecule has 1 saturated carbocycles. The van der Waals surface area contributed by atoms with Crippen molar-refractivity contribution in [2.24, 2.45) is 11.7 Å². The monoisotopic (exact) mass is 324 g/mol. The van der Waals surface area contributed by atoms with Gasteiger partial charge in [0.15, 0.2) is 0 Å². The van der Waals surface area contributed by atoms with Crippen LogP contribution in [0.1, 0.15) is 31.2 Å². The van der Waals surface area contributed by atoms with Crippen LogP contribution in [0.4, 0.5) is 0 Å². The van der Waals surface area contributed by atoms with Gasteiger partial charge in [0.05, 0.1) is 5.41 Å². The minimum absolute atomic E-state index is 0. The molecule has 1 heterocycles. The lowest BCUT2D eigenvalue weighted by Crippen LogP contribution is -2.53. The van der Waals surface area contributed by atoms with Crippen LogP contribution in [0, 0.1) is 5.92 Å². The first kappa shape index (κ1) is 17.3. The van der Waals surface area contributed by atoms with Gasteiger partial charge in [-0.1, -0.05) is 30.3 Å². The van der Waals surface area contributed by atoms with Gasteiger partial charge in [-0.2, -0.15) is 0 Å². The van der Waals surface area contributed by atoms with Crippen molar-refractivity contribution in [3.63, 3.8) is 0 Å². The average molecular weight is 325 g/mol. The second-order valence-electron chi connectivity index (χ2n) is 6.21. The first-order chi connectivity index (χ1) is 10.3. The van der Waals surface area contributed by atoms with Crippen LogP contribution in [-0.2, 0) is 14.9 Å². The Balaban J connectivity index is 0.00000176. The Kier molecular flexibility index (Phi) is 5.84. The lowest BCUT2D eigenvalue weighted by Gasteiger charge is -2.37. The Morgan fingerprint density at radius 1 is 1.27 bits per heavy atom. The van der Waals surface area contributed by atoms with Gasteiger partial charge in [-0.3, -0.25) is 4.79 Å². The Hall–Kier alpha value is -1.10. The SMILES string of the molecule is Cl.NCC(NC(=O)C1(c2ccccc2)CCOCC1)C1CC1. The largest absolute Gasteiger partial charge is 0.381 e. The van der Waals surface area contributed by atoms with Gasteiger partial charge < -0.3 is 15.8 Å². The fourth-order valence-electron chi connectivity index (χ4n) is 3.30. The van der Waals surface area contributed by atoms with Crippen molar-refractivity contribution >= 4 is 18.3 Å². The van der Waals surface area contributed by atoms with E-state index < -0.39 is 5.41 Å². The van der Waals surface area contributed by atoms with Gasteiger partial charge in [-0.05, 0) is 37.2 Å². The Labute approximate surface area is 138 Å². The van der Waals surface area contributed by atoms with Crippen molar-refractivity contribution < 1.29 is 9.53 Å². The van der Waals surface area contributed by atoms with Crippen molar-refractivity contribution in [1.82, 2.24) is 5.32 Å². The third kappa shape index (κ3) is 3.45. The minimum atomic E-state index is -0.457. The van der Waals surface area contributed by atoms with Crippen LogP contribution in [0.25, 0.3) is 0 Å². The third-order valence-corrected chi connectivity index (χ3v) is 4.87. The smallest absolute Gasteiger partial charge is 0.231 e. The fourth-order valence-corrected chi connectivity index (χ4v) is 3.30. The highest BCUT2D eigenvalue weighted by Crippen LogP contribution is 2.37. The quantitative estimate of drug-likeness (QED) is 0.871. The predicted molar refractivity (Wildman–Crippen MR) is 89.1 cm³/mol. The molecule has 5 heteroatoms. The van der Waals surface area contributed by atoms with Crippen molar-refractivity contribution in [2.45, 2.75) is 37.1 Å². The van der Waals surface area contributed by atoms with E-state index in [2.05, 4.69) is 17.4 Å². The summed E-state index contributed by atoms with van der Waals surface area (Å²) >= 11 is 0. The summed E-state index contributed by atoms with van der Waals surface area (Å²) in [6.45, 7) is 1.80. The van der Waals surface area contributed by atoms with E-state index in [0.29, 0.717) is 25.7 Å². The number of nitrogens with two attached hydrogens (primary N) is 1. The number of carbonyl (C=O) groups is 1. The first-order valence-electron chi connectivity index (χ1n) is 7.90. The zero-order chi connectivity index (χ0) is 14.7. The zero-order valence-electron chi connectivity index (χ0n) is 12.8. The molecule has 22 heavy (non-hydrogen) atoms. The molecule has 0 radical (unpaired) electrons. The normalized spacial score (nSPS) is 21.5. The molecule has 1 aliphatic carbocycles. The Morgan fingerprint density at radius 2 is 1.91 bits per heavy atom. The van der Waals surface area contributed by atoms with Crippen LogP contribution in [0.5, 0.6) is 0 Å². The first-order valence-corrected chi connectivity index (χ1v) is 7.90. The van der Waals surface area contributed by atoms with E-state index in [0.717, 1.165) is 18.4 Å². The predicted octanol–water partition coefficient (Wildman–Crippen LogP) is 2.01. The second-order valence-corrected chi connectivity index (χ2v) is 6.21. The lowest BCUT2D eigenvalue weighted by molar-refractivity contribution is -0.131. The number of benzene rings is 1. The molecular weight excluding hydrogens is 300 g/mol. The van der Waals surface area contributed by atoms with Gasteiger partial charge in [-0.25, -0.2) is 0 Å². The maximum Gasteiger partial charge on any atom is 0.231 e. The van der Waals surface area contributed by atoms with E-state index in [1.807, 2.05) is 18.2 Å². The fraction of sp³-hybridized carbons (Fsp3) is 0.588. The molecule has 1 atom stereocenters. The number of hydrogen-bond donors (Lipinski definition) is 2. The van der Waals surface area contributed by atoms with E-state index in [1.54, 1.807) is 0 Å². The molecule has 1 aromatic rings. The highest BCUT2D eigenvalue weighted by atomic mass is 35.5. The maximum atomic E-state index is 13.0. The number of carbonyl (C=O) groups excluding carboxylic acids is 1. The van der Waals surface area contributed by atoms with E-state index in [9.17, 15) is 4.79 Å². The van der Waals surface area contributed by atoms with Crippen LogP contribution in [0.2, 0.25) is 0 Å². The summed E-state index contributed by atoms with van der Waals surface area (Å²) in [5.74, 6) is 0.700. The molecule has 0 aromatic heterocycles. The molecule has 1 aromatic carbocycles. The van der Waals surface area contributed by atoms with Crippen LogP contribution in [0.15, 0.2) is 30.3 Å². The molecule has 1 saturated heterocycles. The molecule has 0 bridgehead atoms. The van der Waals surface area contributed by atoms with E-state index in [-0.39, 0.29) is 24.4 Å². The highest BCUT2D eigenvalue weighted by molar-refractivity contribution is 5.88. The van der Waals surface area contributed by atoms with Crippen LogP contribution >= 0.6 is 12.4 Å². The molecule has 1 amide bonds. The number of amides is 1. The summed E-state index contributed by atoms with van der Waals surface area (Å²) in [5.41, 5.74) is 6.47. The topological polar surface area (TPSA) is 64.3 Å². The van der Waals surface area contributed by atoms with Crippen molar-refractivity contribution in [2.75, 3.05) is 19.8 Å². The van der Waals surface area contributed by atoms with Crippen LogP contribution in [0.3, 0.4) is 0 Å². The van der Waals surface area contributed by atoms with E-state index in [1.165, 1.54) is 12.8 Å². The number of ether oxygens (including phenoxy) is 1. The number of rotatable bonds is 5. The van der Waals surface area contributed by atoms with Gasteiger partial charge in [0.1, 0.15) is 0 Å². The van der Waals surface area contributed by atoms with Gasteiger partial charge >= 0.3 is 0 Å². The Morgan fingerprint density at radius 3 is 2.45 bits per heavy atom. The molecule has 1 aliphatic heterocycles. The van der Waals surface area contributed by atoms with Gasteiger partial charge in [0, 0.05) is 25.8 Å². The molecule has 1 unspecified atom stereocenters. The molecule has 4 nitrogen and oxygen atoms in total. The number of hydrogen-bond acceptors (Lipinski definition) is 3. The van der Waals surface area contributed by atoms with Gasteiger partial charge in [0.25, 0.3) is 0 Å². The molecule has 122 valence electrons. The summed E-state index contributed by atoms with van der Waals surface area (Å²) < 4.78 is 5.48. The highest BCUT2D eigenvalue weighted by Gasteiger charge is 2.43. The summed E-state index contributed by atoms with van der Waals surface area (Å²) in [4.78, 5) is 13.0. The maximum absolute atomic E-state index is 13.0. The molecule has 2 aliphatic rings. The molecule has 3 N–H and O–H groups in total. The molecule has 2 fully saturated rings. The van der Waals surface area contributed by atoms with Crippen LogP contribution < -0.4 is 11.1 Å². The second kappa shape index (κ2) is 7.44. The van der Waals surface area contributed by atoms with Crippen LogP contribution in [-0.4, -0.2) is 31.7 Å². The summed E-state index contributed by atoms with van der Waals surface area (Å²) in [5, 5.41) is 3.22.